The first-order chi connectivity index (χ1) is 8.26. The average molecular weight is 234 g/mol. The molecule has 0 aliphatic carbocycles. The SMILES string of the molecule is CCCN(C)C(CN)c1ccc2c(c1)CCO2. The van der Waals surface area contributed by atoms with E-state index in [9.17, 15) is 0 Å². The van der Waals surface area contributed by atoms with Crippen LogP contribution in [-0.4, -0.2) is 31.6 Å². The molecule has 1 heterocycles. The first-order valence-corrected chi connectivity index (χ1v) is 6.42. The van der Waals surface area contributed by atoms with Gasteiger partial charge in [0.1, 0.15) is 5.75 Å². The number of likely N-dealkylation sites (N-methyl/N-ethyl adjacent to an activating group) is 1. The molecule has 1 aromatic carbocycles. The highest BCUT2D eigenvalue weighted by molar-refractivity contribution is 5.40. The van der Waals surface area contributed by atoms with Crippen molar-refractivity contribution in [2.75, 3.05) is 26.7 Å². The topological polar surface area (TPSA) is 38.5 Å². The highest BCUT2D eigenvalue weighted by atomic mass is 16.5. The summed E-state index contributed by atoms with van der Waals surface area (Å²) in [6.45, 7) is 4.75. The molecule has 0 aromatic heterocycles. The van der Waals surface area contributed by atoms with E-state index in [0.717, 1.165) is 31.7 Å². The molecular weight excluding hydrogens is 212 g/mol. The highest BCUT2D eigenvalue weighted by Crippen LogP contribution is 2.29. The van der Waals surface area contributed by atoms with Crippen LogP contribution in [0.4, 0.5) is 0 Å². The molecule has 0 saturated carbocycles. The Labute approximate surface area is 104 Å². The van der Waals surface area contributed by atoms with Gasteiger partial charge in [0, 0.05) is 19.0 Å². The van der Waals surface area contributed by atoms with Crippen LogP contribution < -0.4 is 10.5 Å². The van der Waals surface area contributed by atoms with Crippen LogP contribution in [-0.2, 0) is 6.42 Å². The Balaban J connectivity index is 2.19. The molecule has 2 N–H and O–H groups in total. The fourth-order valence-electron chi connectivity index (χ4n) is 2.49. The first-order valence-electron chi connectivity index (χ1n) is 6.42. The van der Waals surface area contributed by atoms with E-state index in [1.54, 1.807) is 0 Å². The van der Waals surface area contributed by atoms with Crippen molar-refractivity contribution >= 4 is 0 Å². The van der Waals surface area contributed by atoms with Gasteiger partial charge in [-0.2, -0.15) is 0 Å². The van der Waals surface area contributed by atoms with Gasteiger partial charge in [-0.25, -0.2) is 0 Å². The molecule has 1 unspecified atom stereocenters. The lowest BCUT2D eigenvalue weighted by molar-refractivity contribution is 0.250. The molecule has 1 aromatic rings. The number of ether oxygens (including phenoxy) is 1. The minimum absolute atomic E-state index is 0.320. The monoisotopic (exact) mass is 234 g/mol. The maximum absolute atomic E-state index is 5.91. The van der Waals surface area contributed by atoms with Crippen LogP contribution in [0, 0.1) is 0 Å². The Morgan fingerprint density at radius 3 is 3.00 bits per heavy atom. The van der Waals surface area contributed by atoms with Gasteiger partial charge in [-0.1, -0.05) is 19.1 Å². The van der Waals surface area contributed by atoms with Gasteiger partial charge >= 0.3 is 0 Å². The second-order valence-corrected chi connectivity index (χ2v) is 4.70. The third-order valence-corrected chi connectivity index (χ3v) is 3.43. The van der Waals surface area contributed by atoms with Gasteiger partial charge in [-0.3, -0.25) is 4.90 Å². The molecular formula is C14H22N2O. The van der Waals surface area contributed by atoms with Crippen molar-refractivity contribution in [1.82, 2.24) is 4.90 Å². The van der Waals surface area contributed by atoms with Crippen molar-refractivity contribution in [1.29, 1.82) is 0 Å². The summed E-state index contributed by atoms with van der Waals surface area (Å²) in [7, 11) is 2.14. The largest absolute Gasteiger partial charge is 0.493 e. The van der Waals surface area contributed by atoms with E-state index in [1.807, 2.05) is 0 Å². The molecule has 3 nitrogen and oxygen atoms in total. The van der Waals surface area contributed by atoms with E-state index >= 15 is 0 Å². The van der Waals surface area contributed by atoms with Gasteiger partial charge < -0.3 is 10.5 Å². The number of fused-ring (bicyclic) bond motifs is 1. The Morgan fingerprint density at radius 2 is 2.29 bits per heavy atom. The maximum atomic E-state index is 5.91. The predicted octanol–water partition coefficient (Wildman–Crippen LogP) is 1.96. The number of hydrogen-bond donors (Lipinski definition) is 1. The zero-order chi connectivity index (χ0) is 12.3. The van der Waals surface area contributed by atoms with Crippen LogP contribution >= 0.6 is 0 Å². The summed E-state index contributed by atoms with van der Waals surface area (Å²) in [6, 6.07) is 6.81. The molecule has 0 radical (unpaired) electrons. The van der Waals surface area contributed by atoms with Crippen LogP contribution in [0.5, 0.6) is 5.75 Å². The Hall–Kier alpha value is -1.06. The Morgan fingerprint density at radius 1 is 1.47 bits per heavy atom. The normalized spacial score (nSPS) is 15.8. The number of nitrogens with two attached hydrogens (primary N) is 1. The van der Waals surface area contributed by atoms with Crippen molar-refractivity contribution in [2.24, 2.45) is 5.73 Å². The molecule has 0 bridgehead atoms. The van der Waals surface area contributed by atoms with Crippen molar-refractivity contribution in [2.45, 2.75) is 25.8 Å². The summed E-state index contributed by atoms with van der Waals surface area (Å²) in [5.74, 6) is 1.04. The molecule has 0 amide bonds. The van der Waals surface area contributed by atoms with E-state index in [-0.39, 0.29) is 0 Å². The average Bonchev–Trinajstić information content (AvgIpc) is 2.77. The van der Waals surface area contributed by atoms with E-state index in [4.69, 9.17) is 10.5 Å². The number of benzene rings is 1. The smallest absolute Gasteiger partial charge is 0.122 e. The van der Waals surface area contributed by atoms with Crippen LogP contribution in [0.2, 0.25) is 0 Å². The molecule has 17 heavy (non-hydrogen) atoms. The molecule has 2 rings (SSSR count). The van der Waals surface area contributed by atoms with Crippen molar-refractivity contribution < 1.29 is 4.74 Å². The fourth-order valence-corrected chi connectivity index (χ4v) is 2.49. The molecule has 0 spiro atoms. The van der Waals surface area contributed by atoms with Gasteiger partial charge in [-0.15, -0.1) is 0 Å². The standard InChI is InChI=1S/C14H22N2O/c1-3-7-16(2)13(10-15)11-4-5-14-12(9-11)6-8-17-14/h4-5,9,13H,3,6-8,10,15H2,1-2H3. The predicted molar refractivity (Wildman–Crippen MR) is 70.4 cm³/mol. The van der Waals surface area contributed by atoms with Crippen LogP contribution in [0.1, 0.15) is 30.5 Å². The van der Waals surface area contributed by atoms with Gasteiger partial charge in [0.2, 0.25) is 0 Å². The van der Waals surface area contributed by atoms with Crippen LogP contribution in [0.3, 0.4) is 0 Å². The van der Waals surface area contributed by atoms with Crippen LogP contribution in [0.15, 0.2) is 18.2 Å². The zero-order valence-corrected chi connectivity index (χ0v) is 10.8. The van der Waals surface area contributed by atoms with Crippen LogP contribution in [0.25, 0.3) is 0 Å². The van der Waals surface area contributed by atoms with Crippen molar-refractivity contribution in [3.05, 3.63) is 29.3 Å². The van der Waals surface area contributed by atoms with Gasteiger partial charge in [0.05, 0.1) is 6.61 Å². The zero-order valence-electron chi connectivity index (χ0n) is 10.8. The summed E-state index contributed by atoms with van der Waals surface area (Å²) in [5.41, 5.74) is 8.55. The lowest BCUT2D eigenvalue weighted by Crippen LogP contribution is -2.31. The maximum Gasteiger partial charge on any atom is 0.122 e. The summed E-state index contributed by atoms with van der Waals surface area (Å²) in [6.07, 6.45) is 2.18. The molecule has 1 aliphatic rings. The first kappa shape index (κ1) is 12.4. The lowest BCUT2D eigenvalue weighted by Gasteiger charge is -2.27. The number of rotatable bonds is 5. The summed E-state index contributed by atoms with van der Waals surface area (Å²) in [4.78, 5) is 2.33. The van der Waals surface area contributed by atoms with E-state index in [1.165, 1.54) is 11.1 Å². The van der Waals surface area contributed by atoms with Gasteiger partial charge in [-0.05, 0) is 37.2 Å². The summed E-state index contributed by atoms with van der Waals surface area (Å²) in [5, 5.41) is 0. The molecule has 0 fully saturated rings. The third kappa shape index (κ3) is 2.61. The minimum Gasteiger partial charge on any atom is -0.493 e. The number of nitrogens with zero attached hydrogens (tertiary/aromatic N) is 1. The summed E-state index contributed by atoms with van der Waals surface area (Å²) < 4.78 is 5.53. The van der Waals surface area contributed by atoms with E-state index < -0.39 is 0 Å². The molecule has 3 heteroatoms. The summed E-state index contributed by atoms with van der Waals surface area (Å²) >= 11 is 0. The quantitative estimate of drug-likeness (QED) is 0.846. The van der Waals surface area contributed by atoms with Crippen molar-refractivity contribution in [3.8, 4) is 5.75 Å². The molecule has 94 valence electrons. The lowest BCUT2D eigenvalue weighted by atomic mass is 10.0. The third-order valence-electron chi connectivity index (χ3n) is 3.43. The molecule has 0 saturated heterocycles. The number of hydrogen-bond acceptors (Lipinski definition) is 3. The van der Waals surface area contributed by atoms with Gasteiger partial charge in [0.15, 0.2) is 0 Å². The molecule has 1 atom stereocenters. The molecule has 1 aliphatic heterocycles. The minimum atomic E-state index is 0.320. The van der Waals surface area contributed by atoms with Crippen molar-refractivity contribution in [3.63, 3.8) is 0 Å². The Bertz CT molecular complexity index is 378. The Kier molecular flexibility index (Phi) is 4.02. The fraction of sp³-hybridized carbons (Fsp3) is 0.571. The highest BCUT2D eigenvalue weighted by Gasteiger charge is 2.18. The van der Waals surface area contributed by atoms with Gasteiger partial charge in [0.25, 0.3) is 0 Å². The second-order valence-electron chi connectivity index (χ2n) is 4.70. The van der Waals surface area contributed by atoms with E-state index in [0.29, 0.717) is 12.6 Å². The second kappa shape index (κ2) is 5.52. The van der Waals surface area contributed by atoms with E-state index in [2.05, 4.69) is 37.1 Å².